The number of carbonyl (C=O) groups is 1. The summed E-state index contributed by atoms with van der Waals surface area (Å²) in [6.07, 6.45) is 0. The summed E-state index contributed by atoms with van der Waals surface area (Å²) in [5.74, 6) is 1.73. The monoisotopic (exact) mass is 350 g/mol. The smallest absolute Gasteiger partial charge is 0.239 e. The molecular formula is C16H18N2O5S. The highest BCUT2D eigenvalue weighted by Crippen LogP contribution is 2.32. The summed E-state index contributed by atoms with van der Waals surface area (Å²) >= 11 is 0. The maximum Gasteiger partial charge on any atom is 0.239 e. The van der Waals surface area contributed by atoms with Gasteiger partial charge in [0.15, 0.2) is 11.5 Å². The molecule has 2 heterocycles. The summed E-state index contributed by atoms with van der Waals surface area (Å²) in [5.41, 5.74) is 1.15. The quantitative estimate of drug-likeness (QED) is 0.887. The molecule has 0 spiro atoms. The molecular weight excluding hydrogens is 332 g/mol. The van der Waals surface area contributed by atoms with Crippen molar-refractivity contribution in [3.63, 3.8) is 0 Å². The van der Waals surface area contributed by atoms with E-state index in [0.717, 1.165) is 0 Å². The Kier molecular flexibility index (Phi) is 4.84. The van der Waals surface area contributed by atoms with Crippen LogP contribution in [-0.2, 0) is 21.3 Å². The first-order valence-corrected chi connectivity index (χ1v) is 8.91. The molecule has 7 nitrogen and oxygen atoms in total. The molecule has 24 heavy (non-hydrogen) atoms. The second kappa shape index (κ2) is 7.04. The van der Waals surface area contributed by atoms with Crippen LogP contribution in [0.1, 0.15) is 18.4 Å². The molecule has 2 atom stereocenters. The van der Waals surface area contributed by atoms with Gasteiger partial charge < -0.3 is 19.3 Å². The van der Waals surface area contributed by atoms with Crippen molar-refractivity contribution in [1.82, 2.24) is 5.16 Å². The van der Waals surface area contributed by atoms with Gasteiger partial charge in [0.25, 0.3) is 0 Å². The molecule has 0 unspecified atom stereocenters. The predicted octanol–water partition coefficient (Wildman–Crippen LogP) is 2.03. The Hall–Kier alpha value is -2.35. The van der Waals surface area contributed by atoms with Crippen LogP contribution in [-0.4, -0.2) is 33.7 Å². The number of benzene rings is 1. The number of ether oxygens (including phenoxy) is 2. The van der Waals surface area contributed by atoms with Crippen LogP contribution in [0.5, 0.6) is 11.5 Å². The molecule has 3 rings (SSSR count). The van der Waals surface area contributed by atoms with Gasteiger partial charge in [0.1, 0.15) is 24.2 Å². The van der Waals surface area contributed by atoms with Gasteiger partial charge in [-0.3, -0.25) is 9.00 Å². The van der Waals surface area contributed by atoms with Crippen molar-refractivity contribution < 1.29 is 23.0 Å². The largest absolute Gasteiger partial charge is 0.486 e. The molecule has 1 aliphatic rings. The molecule has 1 aliphatic heterocycles. The summed E-state index contributed by atoms with van der Waals surface area (Å²) in [4.78, 5) is 12.3. The van der Waals surface area contributed by atoms with Gasteiger partial charge in [-0.05, 0) is 26.0 Å². The van der Waals surface area contributed by atoms with Crippen LogP contribution in [0, 0.1) is 6.92 Å². The highest BCUT2D eigenvalue weighted by Gasteiger charge is 2.22. The van der Waals surface area contributed by atoms with Crippen molar-refractivity contribution in [3.05, 3.63) is 35.7 Å². The fourth-order valence-electron chi connectivity index (χ4n) is 2.24. The Labute approximate surface area is 141 Å². The standard InChI is InChI=1S/C16H18N2O5S/c1-10-7-13(18-23-10)9-24(20)11(2)16(19)17-12-3-4-14-15(8-12)22-6-5-21-14/h3-4,7-8,11H,5-6,9H2,1-2H3,(H,17,19)/t11-,24-/m0/s1. The molecule has 0 radical (unpaired) electrons. The van der Waals surface area contributed by atoms with Crippen molar-refractivity contribution in [2.75, 3.05) is 18.5 Å². The van der Waals surface area contributed by atoms with Crippen molar-refractivity contribution in [2.24, 2.45) is 0 Å². The third-order valence-electron chi connectivity index (χ3n) is 3.54. The van der Waals surface area contributed by atoms with Crippen molar-refractivity contribution in [1.29, 1.82) is 0 Å². The first-order chi connectivity index (χ1) is 11.5. The van der Waals surface area contributed by atoms with Crippen LogP contribution in [0.3, 0.4) is 0 Å². The Morgan fingerprint density at radius 2 is 2.04 bits per heavy atom. The molecule has 0 saturated carbocycles. The van der Waals surface area contributed by atoms with Gasteiger partial charge in [-0.1, -0.05) is 5.16 Å². The SMILES string of the molecule is Cc1cc(C[S@](=O)[C@@H](C)C(=O)Nc2ccc3c(c2)OCCO3)no1. The molecule has 1 amide bonds. The third-order valence-corrected chi connectivity index (χ3v) is 5.12. The van der Waals surface area contributed by atoms with Gasteiger partial charge in [-0.15, -0.1) is 0 Å². The van der Waals surface area contributed by atoms with E-state index in [4.69, 9.17) is 14.0 Å². The van der Waals surface area contributed by atoms with Gasteiger partial charge in [-0.2, -0.15) is 0 Å². The Morgan fingerprint density at radius 1 is 1.29 bits per heavy atom. The number of aryl methyl sites for hydroxylation is 1. The number of hydrogen-bond acceptors (Lipinski definition) is 6. The van der Waals surface area contributed by atoms with E-state index < -0.39 is 16.0 Å². The second-order valence-electron chi connectivity index (χ2n) is 5.44. The van der Waals surface area contributed by atoms with E-state index >= 15 is 0 Å². The maximum absolute atomic E-state index is 12.3. The number of nitrogens with one attached hydrogen (secondary N) is 1. The van der Waals surface area contributed by atoms with Gasteiger partial charge in [0.2, 0.25) is 5.91 Å². The van der Waals surface area contributed by atoms with Crippen LogP contribution >= 0.6 is 0 Å². The summed E-state index contributed by atoms with van der Waals surface area (Å²) in [6.45, 7) is 4.37. The van der Waals surface area contributed by atoms with Gasteiger partial charge in [0, 0.05) is 28.6 Å². The molecule has 0 bridgehead atoms. The average molecular weight is 350 g/mol. The second-order valence-corrected chi connectivity index (χ2v) is 7.20. The summed E-state index contributed by atoms with van der Waals surface area (Å²) < 4.78 is 28.2. The van der Waals surface area contributed by atoms with E-state index in [0.29, 0.717) is 41.9 Å². The molecule has 1 N–H and O–H groups in total. The summed E-state index contributed by atoms with van der Waals surface area (Å²) in [5, 5.41) is 5.87. The molecule has 0 aliphatic carbocycles. The van der Waals surface area contributed by atoms with Crippen LogP contribution in [0.15, 0.2) is 28.8 Å². The van der Waals surface area contributed by atoms with Gasteiger partial charge in [-0.25, -0.2) is 0 Å². The molecule has 2 aromatic rings. The number of rotatable bonds is 5. The normalized spacial score (nSPS) is 15.6. The first kappa shape index (κ1) is 16.5. The van der Waals surface area contributed by atoms with E-state index in [9.17, 15) is 9.00 Å². The number of fused-ring (bicyclic) bond motifs is 1. The highest BCUT2D eigenvalue weighted by molar-refractivity contribution is 7.85. The summed E-state index contributed by atoms with van der Waals surface area (Å²) in [6, 6.07) is 6.87. The lowest BCUT2D eigenvalue weighted by molar-refractivity contribution is -0.115. The van der Waals surface area contributed by atoms with Gasteiger partial charge >= 0.3 is 0 Å². The topological polar surface area (TPSA) is 90.7 Å². The maximum atomic E-state index is 12.3. The van der Waals surface area contributed by atoms with E-state index in [2.05, 4.69) is 10.5 Å². The predicted molar refractivity (Wildman–Crippen MR) is 88.6 cm³/mol. The highest BCUT2D eigenvalue weighted by atomic mass is 32.2. The number of carbonyl (C=O) groups excluding carboxylic acids is 1. The zero-order chi connectivity index (χ0) is 17.1. The van der Waals surface area contributed by atoms with Crippen molar-refractivity contribution in [2.45, 2.75) is 24.9 Å². The Morgan fingerprint density at radius 3 is 2.75 bits per heavy atom. The van der Waals surface area contributed by atoms with E-state index in [1.165, 1.54) is 0 Å². The Bertz CT molecular complexity index is 774. The number of amides is 1. The molecule has 0 saturated heterocycles. The van der Waals surface area contributed by atoms with Crippen molar-refractivity contribution in [3.8, 4) is 11.5 Å². The summed E-state index contributed by atoms with van der Waals surface area (Å²) in [7, 11) is -1.40. The van der Waals surface area contributed by atoms with E-state index in [1.54, 1.807) is 38.1 Å². The van der Waals surface area contributed by atoms with Crippen LogP contribution in [0.25, 0.3) is 0 Å². The van der Waals surface area contributed by atoms with E-state index in [-0.39, 0.29) is 11.7 Å². The molecule has 128 valence electrons. The third kappa shape index (κ3) is 3.76. The molecule has 8 heteroatoms. The fourth-order valence-corrected chi connectivity index (χ4v) is 3.22. The average Bonchev–Trinajstić information content (AvgIpc) is 2.98. The van der Waals surface area contributed by atoms with E-state index in [1.807, 2.05) is 0 Å². The zero-order valence-corrected chi connectivity index (χ0v) is 14.2. The molecule has 0 fully saturated rings. The minimum atomic E-state index is -1.40. The Balaban J connectivity index is 1.62. The number of aromatic nitrogens is 1. The zero-order valence-electron chi connectivity index (χ0n) is 13.4. The van der Waals surface area contributed by atoms with Gasteiger partial charge in [0.05, 0.1) is 11.4 Å². The van der Waals surface area contributed by atoms with Crippen LogP contribution < -0.4 is 14.8 Å². The lowest BCUT2D eigenvalue weighted by Gasteiger charge is -2.19. The lowest BCUT2D eigenvalue weighted by Crippen LogP contribution is -2.29. The number of nitrogens with zero attached hydrogens (tertiary/aromatic N) is 1. The van der Waals surface area contributed by atoms with Crippen LogP contribution in [0.2, 0.25) is 0 Å². The van der Waals surface area contributed by atoms with Crippen LogP contribution in [0.4, 0.5) is 5.69 Å². The molecule has 1 aromatic heterocycles. The number of anilines is 1. The lowest BCUT2D eigenvalue weighted by atomic mass is 10.2. The first-order valence-electron chi connectivity index (χ1n) is 7.53. The van der Waals surface area contributed by atoms with Crippen molar-refractivity contribution >= 4 is 22.4 Å². The molecule has 1 aromatic carbocycles. The fraction of sp³-hybridized carbons (Fsp3) is 0.375. The minimum Gasteiger partial charge on any atom is -0.486 e. The minimum absolute atomic E-state index is 0.174. The number of hydrogen-bond donors (Lipinski definition) is 1.